The molecule has 4 heterocycles. The van der Waals surface area contributed by atoms with Gasteiger partial charge >= 0.3 is 0 Å². The molecule has 0 saturated heterocycles. The van der Waals surface area contributed by atoms with Crippen molar-refractivity contribution in [3.63, 3.8) is 0 Å². The lowest BCUT2D eigenvalue weighted by Crippen LogP contribution is -2.12. The lowest BCUT2D eigenvalue weighted by atomic mass is 10.0. The summed E-state index contributed by atoms with van der Waals surface area (Å²) in [7, 11) is 0. The van der Waals surface area contributed by atoms with Crippen molar-refractivity contribution in [1.29, 1.82) is 0 Å². The molecule has 144 valence electrons. The van der Waals surface area contributed by atoms with Crippen LogP contribution in [0.25, 0.3) is 5.00 Å². The van der Waals surface area contributed by atoms with E-state index >= 15 is 0 Å². The first kappa shape index (κ1) is 17.5. The Kier molecular flexibility index (Phi) is 4.04. The zero-order valence-corrected chi connectivity index (χ0v) is 16.3. The van der Waals surface area contributed by atoms with Crippen LogP contribution in [0.4, 0.5) is 8.78 Å². The Balaban J connectivity index is 1.87. The van der Waals surface area contributed by atoms with Crippen LogP contribution in [0.1, 0.15) is 53.5 Å². The van der Waals surface area contributed by atoms with Crippen LogP contribution in [-0.4, -0.2) is 27.1 Å². The molecule has 3 aromatic rings. The molecule has 0 unspecified atom stereocenters. The third-order valence-electron chi connectivity index (χ3n) is 5.14. The van der Waals surface area contributed by atoms with Crippen molar-refractivity contribution in [2.75, 3.05) is 6.61 Å². The summed E-state index contributed by atoms with van der Waals surface area (Å²) >= 11 is 1.57. The topological polar surface area (TPSA) is 52.3 Å². The molecule has 0 bridgehead atoms. The summed E-state index contributed by atoms with van der Waals surface area (Å²) in [4.78, 5) is 5.78. The fourth-order valence-electron chi connectivity index (χ4n) is 3.83. The fourth-order valence-corrected chi connectivity index (χ4v) is 5.17. The molecule has 0 radical (unpaired) electrons. The second-order valence-electron chi connectivity index (χ2n) is 7.03. The molecule has 28 heavy (non-hydrogen) atoms. The Morgan fingerprint density at radius 1 is 1.14 bits per heavy atom. The lowest BCUT2D eigenvalue weighted by Gasteiger charge is -2.13. The van der Waals surface area contributed by atoms with E-state index in [1.165, 1.54) is 18.2 Å². The SMILES string of the molecule is Cc1nnc2n1-c1sc3c(c1C(c1c(F)cccc1F)=N[C@H]2C)OCCCC3. The molecule has 2 aliphatic rings. The second kappa shape index (κ2) is 6.48. The second-order valence-corrected chi connectivity index (χ2v) is 8.11. The van der Waals surface area contributed by atoms with E-state index in [2.05, 4.69) is 10.2 Å². The maximum atomic E-state index is 14.7. The minimum atomic E-state index is -0.639. The summed E-state index contributed by atoms with van der Waals surface area (Å²) in [5.41, 5.74) is 0.794. The summed E-state index contributed by atoms with van der Waals surface area (Å²) in [6.07, 6.45) is 2.83. The number of benzene rings is 1. The Hall–Kier alpha value is -2.61. The highest BCUT2D eigenvalue weighted by atomic mass is 32.1. The van der Waals surface area contributed by atoms with Crippen molar-refractivity contribution in [2.24, 2.45) is 4.99 Å². The Morgan fingerprint density at radius 2 is 1.93 bits per heavy atom. The predicted octanol–water partition coefficient (Wildman–Crippen LogP) is 4.54. The van der Waals surface area contributed by atoms with Gasteiger partial charge < -0.3 is 4.74 Å². The molecule has 2 aromatic heterocycles. The van der Waals surface area contributed by atoms with Gasteiger partial charge in [0.15, 0.2) is 5.82 Å². The zero-order chi connectivity index (χ0) is 19.4. The average Bonchev–Trinajstić information content (AvgIpc) is 3.08. The van der Waals surface area contributed by atoms with E-state index in [9.17, 15) is 8.78 Å². The molecule has 1 aromatic carbocycles. The van der Waals surface area contributed by atoms with Gasteiger partial charge in [-0.2, -0.15) is 0 Å². The normalized spacial score (nSPS) is 18.3. The van der Waals surface area contributed by atoms with E-state index in [-0.39, 0.29) is 11.3 Å². The minimum Gasteiger partial charge on any atom is -0.492 e. The van der Waals surface area contributed by atoms with Crippen molar-refractivity contribution in [3.05, 3.63) is 57.5 Å². The lowest BCUT2D eigenvalue weighted by molar-refractivity contribution is 0.317. The molecule has 0 fully saturated rings. The zero-order valence-electron chi connectivity index (χ0n) is 15.5. The van der Waals surface area contributed by atoms with Gasteiger partial charge in [0, 0.05) is 4.88 Å². The third-order valence-corrected chi connectivity index (χ3v) is 6.36. The highest BCUT2D eigenvalue weighted by molar-refractivity contribution is 7.15. The number of fused-ring (bicyclic) bond motifs is 5. The molecule has 0 amide bonds. The quantitative estimate of drug-likeness (QED) is 0.603. The molecule has 8 heteroatoms. The van der Waals surface area contributed by atoms with Crippen LogP contribution in [0.2, 0.25) is 0 Å². The van der Waals surface area contributed by atoms with Crippen LogP contribution in [0.3, 0.4) is 0 Å². The maximum Gasteiger partial charge on any atom is 0.162 e. The summed E-state index contributed by atoms with van der Waals surface area (Å²) in [6, 6.07) is 3.47. The number of rotatable bonds is 1. The van der Waals surface area contributed by atoms with Crippen molar-refractivity contribution in [1.82, 2.24) is 14.8 Å². The highest BCUT2D eigenvalue weighted by Crippen LogP contribution is 2.45. The first-order valence-corrected chi connectivity index (χ1v) is 10.1. The van der Waals surface area contributed by atoms with Gasteiger partial charge in [0.05, 0.1) is 23.4 Å². The number of ether oxygens (including phenoxy) is 1. The average molecular weight is 400 g/mol. The van der Waals surface area contributed by atoms with E-state index < -0.39 is 17.7 Å². The van der Waals surface area contributed by atoms with Gasteiger partial charge in [-0.1, -0.05) is 6.07 Å². The predicted molar refractivity (Wildman–Crippen MR) is 103 cm³/mol. The van der Waals surface area contributed by atoms with Crippen molar-refractivity contribution in [2.45, 2.75) is 39.2 Å². The van der Waals surface area contributed by atoms with Crippen LogP contribution < -0.4 is 4.74 Å². The number of hydrogen-bond donors (Lipinski definition) is 0. The van der Waals surface area contributed by atoms with Crippen LogP contribution in [0.15, 0.2) is 23.2 Å². The molecule has 1 atom stereocenters. The summed E-state index contributed by atoms with van der Waals surface area (Å²) in [6.45, 7) is 4.30. The summed E-state index contributed by atoms with van der Waals surface area (Å²) in [5.74, 6) is 0.777. The van der Waals surface area contributed by atoms with Crippen molar-refractivity contribution < 1.29 is 13.5 Å². The summed E-state index contributed by atoms with van der Waals surface area (Å²) < 4.78 is 37.5. The Labute approximate surface area is 164 Å². The molecule has 0 N–H and O–H groups in total. The molecule has 2 aliphatic heterocycles. The Bertz CT molecular complexity index is 1100. The van der Waals surface area contributed by atoms with Gasteiger partial charge in [0.25, 0.3) is 0 Å². The van der Waals surface area contributed by atoms with Crippen molar-refractivity contribution >= 4 is 17.0 Å². The first-order chi connectivity index (χ1) is 13.6. The molecule has 0 saturated carbocycles. The number of aliphatic imine (C=N–C) groups is 1. The molecule has 0 spiro atoms. The smallest absolute Gasteiger partial charge is 0.162 e. The number of hydrogen-bond acceptors (Lipinski definition) is 5. The number of nitrogens with zero attached hydrogens (tertiary/aromatic N) is 4. The standard InChI is InChI=1S/C20H18F2N4OS/c1-10-19-25-24-11(2)26(19)20-16(18-14(28-20)8-3-4-9-27-18)17(23-10)15-12(21)6-5-7-13(15)22/h5-7,10H,3-4,8-9H2,1-2H3/t10-/m0/s1. The number of thiophene rings is 1. The fraction of sp³-hybridized carbons (Fsp3) is 0.350. The van der Waals surface area contributed by atoms with E-state index in [1.807, 2.05) is 18.4 Å². The first-order valence-electron chi connectivity index (χ1n) is 9.29. The van der Waals surface area contributed by atoms with Gasteiger partial charge in [0.2, 0.25) is 0 Å². The summed E-state index contributed by atoms with van der Waals surface area (Å²) in [5, 5.41) is 9.30. The Morgan fingerprint density at radius 3 is 2.71 bits per heavy atom. The van der Waals surface area contributed by atoms with Crippen LogP contribution in [0, 0.1) is 18.6 Å². The van der Waals surface area contributed by atoms with Crippen molar-refractivity contribution in [3.8, 4) is 10.8 Å². The van der Waals surface area contributed by atoms with Crippen LogP contribution >= 0.6 is 11.3 Å². The maximum absolute atomic E-state index is 14.7. The molecule has 5 nitrogen and oxygen atoms in total. The van der Waals surface area contributed by atoms with E-state index in [0.29, 0.717) is 29.6 Å². The molecular weight excluding hydrogens is 382 g/mol. The van der Waals surface area contributed by atoms with Crippen LogP contribution in [0.5, 0.6) is 5.75 Å². The third kappa shape index (κ3) is 2.51. The molecule has 5 rings (SSSR count). The van der Waals surface area contributed by atoms with E-state index in [1.54, 1.807) is 11.3 Å². The van der Waals surface area contributed by atoms with E-state index in [0.717, 1.165) is 29.1 Å². The van der Waals surface area contributed by atoms with Gasteiger partial charge in [-0.15, -0.1) is 21.5 Å². The van der Waals surface area contributed by atoms with Gasteiger partial charge in [0.1, 0.15) is 34.3 Å². The number of aryl methyl sites for hydroxylation is 2. The minimum absolute atomic E-state index is 0.125. The van der Waals surface area contributed by atoms with Gasteiger partial charge in [-0.05, 0) is 45.2 Å². The molecule has 0 aliphatic carbocycles. The van der Waals surface area contributed by atoms with Gasteiger partial charge in [-0.25, -0.2) is 8.78 Å². The molecular formula is C20H18F2N4OS. The highest BCUT2D eigenvalue weighted by Gasteiger charge is 2.34. The monoisotopic (exact) mass is 400 g/mol. The largest absolute Gasteiger partial charge is 0.492 e. The number of halogens is 2. The van der Waals surface area contributed by atoms with E-state index in [4.69, 9.17) is 9.73 Å². The van der Waals surface area contributed by atoms with Crippen LogP contribution in [-0.2, 0) is 6.42 Å². The number of aromatic nitrogens is 3. The van der Waals surface area contributed by atoms with Gasteiger partial charge in [-0.3, -0.25) is 9.56 Å².